The second-order valence-electron chi connectivity index (χ2n) is 7.68. The smallest absolute Gasteiger partial charge is 0.377 e. The van der Waals surface area contributed by atoms with Crippen LogP contribution in [0.5, 0.6) is 0 Å². The topological polar surface area (TPSA) is 84.2 Å². The molecule has 1 aliphatic rings. The second kappa shape index (κ2) is 7.59. The molecule has 0 aromatic carbocycles. The second-order valence-corrected chi connectivity index (χ2v) is 7.68. The maximum atomic E-state index is 13.8. The molecule has 0 amide bonds. The van der Waals surface area contributed by atoms with Crippen LogP contribution in [0.4, 0.5) is 19.0 Å². The third-order valence-electron chi connectivity index (χ3n) is 5.53. The number of aryl methyl sites for hydroxylation is 1. The molecule has 5 heterocycles. The number of nitrogens with zero attached hydrogens (tertiary/aromatic N) is 6. The number of rotatable bonds is 3. The Labute approximate surface area is 181 Å². The van der Waals surface area contributed by atoms with E-state index in [1.165, 1.54) is 12.1 Å². The van der Waals surface area contributed by atoms with Crippen molar-refractivity contribution in [2.24, 2.45) is 0 Å². The molecule has 1 unspecified atom stereocenters. The van der Waals surface area contributed by atoms with Crippen molar-refractivity contribution in [3.63, 3.8) is 0 Å². The lowest BCUT2D eigenvalue weighted by Crippen LogP contribution is -2.44. The largest absolute Gasteiger partial charge is 0.433 e. The highest BCUT2D eigenvalue weighted by atomic mass is 19.4. The molecule has 166 valence electrons. The van der Waals surface area contributed by atoms with Crippen molar-refractivity contribution in [2.45, 2.75) is 26.1 Å². The van der Waals surface area contributed by atoms with Gasteiger partial charge in [-0.3, -0.25) is 10.1 Å². The molecule has 1 saturated heterocycles. The van der Waals surface area contributed by atoms with Crippen LogP contribution in [0.2, 0.25) is 0 Å². The Balaban J connectivity index is 1.83. The average molecular weight is 443 g/mol. The lowest BCUT2D eigenvalue weighted by atomic mass is 10.0. The molecule has 32 heavy (non-hydrogen) atoms. The maximum absolute atomic E-state index is 13.8. The Morgan fingerprint density at radius 2 is 2.03 bits per heavy atom. The van der Waals surface area contributed by atoms with Crippen LogP contribution in [0, 0.1) is 6.92 Å². The molecule has 0 saturated carbocycles. The molecule has 1 fully saturated rings. The van der Waals surface area contributed by atoms with Crippen LogP contribution in [-0.2, 0) is 10.9 Å². The molecule has 4 aromatic heterocycles. The molecule has 0 bridgehead atoms. The Hall–Kier alpha value is -3.47. The van der Waals surface area contributed by atoms with Crippen LogP contribution < -0.4 is 4.90 Å². The van der Waals surface area contributed by atoms with E-state index in [-0.39, 0.29) is 11.6 Å². The number of aromatic amines is 1. The van der Waals surface area contributed by atoms with Gasteiger partial charge in [0.1, 0.15) is 5.69 Å². The van der Waals surface area contributed by atoms with E-state index in [0.29, 0.717) is 53.9 Å². The van der Waals surface area contributed by atoms with Gasteiger partial charge in [-0.25, -0.2) is 9.50 Å². The molecular weight excluding hydrogens is 423 g/mol. The van der Waals surface area contributed by atoms with Crippen LogP contribution in [0.15, 0.2) is 36.7 Å². The summed E-state index contributed by atoms with van der Waals surface area (Å²) in [6.45, 7) is 5.33. The number of hydrogen-bond donors (Lipinski definition) is 1. The van der Waals surface area contributed by atoms with Crippen molar-refractivity contribution in [3.8, 4) is 22.6 Å². The lowest BCUT2D eigenvalue weighted by Gasteiger charge is -2.34. The predicted molar refractivity (Wildman–Crippen MR) is 111 cm³/mol. The summed E-state index contributed by atoms with van der Waals surface area (Å²) in [6.07, 6.45) is -1.87. The number of anilines is 1. The van der Waals surface area contributed by atoms with Crippen molar-refractivity contribution in [3.05, 3.63) is 48.0 Å². The normalized spacial score (nSPS) is 17.3. The molecule has 5 rings (SSSR count). The zero-order valence-corrected chi connectivity index (χ0v) is 17.4. The van der Waals surface area contributed by atoms with Gasteiger partial charge < -0.3 is 9.64 Å². The fourth-order valence-corrected chi connectivity index (χ4v) is 4.07. The van der Waals surface area contributed by atoms with Crippen molar-refractivity contribution in [1.82, 2.24) is 29.8 Å². The van der Waals surface area contributed by atoms with E-state index in [2.05, 4.69) is 20.2 Å². The summed E-state index contributed by atoms with van der Waals surface area (Å²) in [5, 5.41) is 11.6. The van der Waals surface area contributed by atoms with Crippen LogP contribution in [0.3, 0.4) is 0 Å². The molecule has 0 aliphatic carbocycles. The van der Waals surface area contributed by atoms with E-state index in [1.54, 1.807) is 29.8 Å². The quantitative estimate of drug-likeness (QED) is 0.520. The Kier molecular flexibility index (Phi) is 4.85. The molecule has 1 aliphatic heterocycles. The number of pyridine rings is 1. The first-order valence-corrected chi connectivity index (χ1v) is 10.1. The highest BCUT2D eigenvalue weighted by Crippen LogP contribution is 2.39. The number of aromatic nitrogens is 6. The number of fused-ring (bicyclic) bond motifs is 1. The summed E-state index contributed by atoms with van der Waals surface area (Å²) < 4.78 is 48.6. The van der Waals surface area contributed by atoms with Crippen molar-refractivity contribution in [1.29, 1.82) is 0 Å². The minimum Gasteiger partial charge on any atom is -0.377 e. The van der Waals surface area contributed by atoms with Crippen molar-refractivity contribution < 1.29 is 17.9 Å². The average Bonchev–Trinajstić information content (AvgIpc) is 3.41. The number of nitrogens with one attached hydrogen (secondary N) is 1. The van der Waals surface area contributed by atoms with Gasteiger partial charge in [0.05, 0.1) is 30.5 Å². The number of imidazole rings is 1. The van der Waals surface area contributed by atoms with Crippen molar-refractivity contribution in [2.75, 3.05) is 24.7 Å². The highest BCUT2D eigenvalue weighted by Gasteiger charge is 2.36. The number of morpholine rings is 1. The lowest BCUT2D eigenvalue weighted by molar-refractivity contribution is -0.140. The van der Waals surface area contributed by atoms with E-state index in [4.69, 9.17) is 9.84 Å². The van der Waals surface area contributed by atoms with Gasteiger partial charge in [0.2, 0.25) is 0 Å². The number of H-pyrrole nitrogens is 1. The predicted octanol–water partition coefficient (Wildman–Crippen LogP) is 3.73. The van der Waals surface area contributed by atoms with Crippen LogP contribution in [-0.4, -0.2) is 55.6 Å². The molecule has 0 radical (unpaired) electrons. The van der Waals surface area contributed by atoms with Gasteiger partial charge in [-0.15, -0.1) is 5.10 Å². The number of halogens is 3. The number of alkyl halides is 3. The fourth-order valence-electron chi connectivity index (χ4n) is 4.07. The maximum Gasteiger partial charge on any atom is 0.433 e. The molecule has 4 aromatic rings. The van der Waals surface area contributed by atoms with E-state index >= 15 is 0 Å². The molecule has 0 spiro atoms. The summed E-state index contributed by atoms with van der Waals surface area (Å²) in [5.41, 5.74) is 1.05. The standard InChI is InChI=1S/C21H20F3N7O/c1-12-11-32-9-8-30(12)17-10-15(14-4-3-6-25-19(14)21(22,23)24)18-13(2)27-20(31(18)29-17)16-5-7-26-28-16/h3-7,10,12H,8-9,11H2,1-2H3,(H,26,28). The summed E-state index contributed by atoms with van der Waals surface area (Å²) in [5.74, 6) is 1.01. The van der Waals surface area contributed by atoms with E-state index in [9.17, 15) is 13.2 Å². The SMILES string of the molecule is Cc1nc(-c2ccn[nH]2)n2nc(N3CCOCC3C)cc(-c3cccnc3C(F)(F)F)c12. The Morgan fingerprint density at radius 1 is 1.19 bits per heavy atom. The van der Waals surface area contributed by atoms with Gasteiger partial charge in [-0.2, -0.15) is 18.3 Å². The Bertz CT molecular complexity index is 1270. The molecule has 1 atom stereocenters. The van der Waals surface area contributed by atoms with Gasteiger partial charge >= 0.3 is 6.18 Å². The summed E-state index contributed by atoms with van der Waals surface area (Å²) >= 11 is 0. The fraction of sp³-hybridized carbons (Fsp3) is 0.333. The zero-order valence-electron chi connectivity index (χ0n) is 17.4. The van der Waals surface area contributed by atoms with Gasteiger partial charge in [0, 0.05) is 30.1 Å². The summed E-state index contributed by atoms with van der Waals surface area (Å²) in [6, 6.07) is 6.37. The van der Waals surface area contributed by atoms with E-state index in [1.807, 2.05) is 11.8 Å². The molecule has 11 heteroatoms. The third-order valence-corrected chi connectivity index (χ3v) is 5.53. The highest BCUT2D eigenvalue weighted by molar-refractivity contribution is 5.86. The van der Waals surface area contributed by atoms with Gasteiger partial charge in [-0.1, -0.05) is 6.07 Å². The first-order chi connectivity index (χ1) is 15.3. The van der Waals surface area contributed by atoms with Crippen LogP contribution in [0.25, 0.3) is 28.2 Å². The minimum absolute atomic E-state index is 0.0118. The van der Waals surface area contributed by atoms with E-state index < -0.39 is 11.9 Å². The Morgan fingerprint density at radius 3 is 2.75 bits per heavy atom. The van der Waals surface area contributed by atoms with Gasteiger partial charge in [-0.05, 0) is 32.0 Å². The van der Waals surface area contributed by atoms with E-state index in [0.717, 1.165) is 6.20 Å². The minimum atomic E-state index is -4.61. The number of hydrogen-bond acceptors (Lipinski definition) is 6. The van der Waals surface area contributed by atoms with Crippen molar-refractivity contribution >= 4 is 11.3 Å². The molecular formula is C21H20F3N7O. The summed E-state index contributed by atoms with van der Waals surface area (Å²) in [7, 11) is 0. The first kappa shape index (κ1) is 20.4. The molecule has 8 nitrogen and oxygen atoms in total. The molecule has 1 N–H and O–H groups in total. The monoisotopic (exact) mass is 443 g/mol. The van der Waals surface area contributed by atoms with Gasteiger partial charge in [0.25, 0.3) is 0 Å². The van der Waals surface area contributed by atoms with Crippen LogP contribution in [0.1, 0.15) is 18.3 Å². The third kappa shape index (κ3) is 3.38. The first-order valence-electron chi connectivity index (χ1n) is 10.1. The number of ether oxygens (including phenoxy) is 1. The van der Waals surface area contributed by atoms with Crippen LogP contribution >= 0.6 is 0 Å². The van der Waals surface area contributed by atoms with Gasteiger partial charge in [0.15, 0.2) is 17.3 Å². The zero-order chi connectivity index (χ0) is 22.5. The summed E-state index contributed by atoms with van der Waals surface area (Å²) in [4.78, 5) is 10.3.